The van der Waals surface area contributed by atoms with Gasteiger partial charge in [0.25, 0.3) is 0 Å². The second kappa shape index (κ2) is 9.71. The van der Waals surface area contributed by atoms with Gasteiger partial charge in [-0.1, -0.05) is 26.7 Å². The topological polar surface area (TPSA) is 3.24 Å². The Hall–Kier alpha value is 0.622. The molecular formula is C10H22NRe-. The van der Waals surface area contributed by atoms with E-state index >= 15 is 0 Å². The minimum atomic E-state index is 0. The van der Waals surface area contributed by atoms with E-state index in [0.29, 0.717) is 0 Å². The van der Waals surface area contributed by atoms with Crippen molar-refractivity contribution in [1.29, 1.82) is 0 Å². The molecule has 1 saturated heterocycles. The Labute approximate surface area is 91.6 Å². The standard InChI is InChI=1S/C8H16N.C2H6.Re/c1-8-5-3-4-6-9(2)7-8;1-2;/h3,8H,4-7H2,1-2H3;1-2H3;/q-1;;. The number of hydrogen-bond donors (Lipinski definition) is 0. The van der Waals surface area contributed by atoms with Crippen LogP contribution in [0.5, 0.6) is 0 Å². The van der Waals surface area contributed by atoms with Crippen molar-refractivity contribution in [3.8, 4) is 0 Å². The van der Waals surface area contributed by atoms with Gasteiger partial charge < -0.3 is 11.3 Å². The Kier molecular flexibility index (Phi) is 12.2. The quantitative estimate of drug-likeness (QED) is 0.612. The summed E-state index contributed by atoms with van der Waals surface area (Å²) in [5, 5.41) is 0. The van der Waals surface area contributed by atoms with Crippen LogP contribution >= 0.6 is 0 Å². The van der Waals surface area contributed by atoms with Gasteiger partial charge in [-0.15, -0.1) is 0 Å². The van der Waals surface area contributed by atoms with E-state index in [1.165, 1.54) is 25.9 Å². The van der Waals surface area contributed by atoms with Crippen molar-refractivity contribution >= 4 is 0 Å². The van der Waals surface area contributed by atoms with Gasteiger partial charge in [-0.05, 0) is 20.1 Å². The molecule has 1 fully saturated rings. The Morgan fingerprint density at radius 1 is 1.33 bits per heavy atom. The fraction of sp³-hybridized carbons (Fsp3) is 0.900. The molecule has 0 saturated carbocycles. The van der Waals surface area contributed by atoms with Crippen molar-refractivity contribution in [2.24, 2.45) is 5.92 Å². The number of rotatable bonds is 0. The summed E-state index contributed by atoms with van der Waals surface area (Å²) in [6.07, 6.45) is 5.00. The van der Waals surface area contributed by atoms with Crippen LogP contribution in [0, 0.1) is 12.3 Å². The van der Waals surface area contributed by atoms with Crippen LogP contribution in [-0.4, -0.2) is 25.0 Å². The van der Waals surface area contributed by atoms with Gasteiger partial charge in [0.05, 0.1) is 0 Å². The molecule has 12 heavy (non-hydrogen) atoms. The molecule has 0 aromatic heterocycles. The average molecular weight is 342 g/mol. The van der Waals surface area contributed by atoms with Crippen molar-refractivity contribution < 1.29 is 20.4 Å². The molecule has 0 bridgehead atoms. The molecule has 0 amide bonds. The van der Waals surface area contributed by atoms with Crippen molar-refractivity contribution in [3.63, 3.8) is 0 Å². The molecule has 0 aromatic rings. The van der Waals surface area contributed by atoms with Gasteiger partial charge in [0.15, 0.2) is 0 Å². The van der Waals surface area contributed by atoms with E-state index in [1.807, 2.05) is 13.8 Å². The van der Waals surface area contributed by atoms with Gasteiger partial charge in [-0.3, -0.25) is 0 Å². The van der Waals surface area contributed by atoms with Crippen LogP contribution in [0.1, 0.15) is 33.6 Å². The maximum Gasteiger partial charge on any atom is 0 e. The maximum atomic E-state index is 2.41. The van der Waals surface area contributed by atoms with Crippen LogP contribution in [0.4, 0.5) is 0 Å². The average Bonchev–Trinajstić information content (AvgIpc) is 2.18. The molecule has 75 valence electrons. The molecule has 1 aliphatic heterocycles. The predicted molar refractivity (Wildman–Crippen MR) is 51.5 cm³/mol. The minimum absolute atomic E-state index is 0. The van der Waals surface area contributed by atoms with Crippen molar-refractivity contribution in [2.45, 2.75) is 33.6 Å². The van der Waals surface area contributed by atoms with Gasteiger partial charge in [0, 0.05) is 20.4 Å². The molecule has 0 aliphatic carbocycles. The number of hydrogen-bond acceptors (Lipinski definition) is 1. The molecule has 2 heteroatoms. The Bertz CT molecular complexity index is 75.9. The van der Waals surface area contributed by atoms with Crippen LogP contribution in [-0.2, 0) is 20.4 Å². The first kappa shape index (κ1) is 15.1. The maximum absolute atomic E-state index is 2.41. The fourth-order valence-corrected chi connectivity index (χ4v) is 1.41. The molecule has 1 radical (unpaired) electrons. The SMILES string of the molecule is CC.CC1C[CH-]CCN(C)C1.[Re]. The van der Waals surface area contributed by atoms with Crippen molar-refractivity contribution in [1.82, 2.24) is 4.90 Å². The zero-order valence-corrected chi connectivity index (χ0v) is 11.5. The summed E-state index contributed by atoms with van der Waals surface area (Å²) < 4.78 is 0. The molecule has 0 N–H and O–H groups in total. The first-order valence-electron chi connectivity index (χ1n) is 4.79. The van der Waals surface area contributed by atoms with Gasteiger partial charge in [-0.25, -0.2) is 0 Å². The summed E-state index contributed by atoms with van der Waals surface area (Å²) in [5.74, 6) is 0.873. The van der Waals surface area contributed by atoms with Crippen molar-refractivity contribution in [2.75, 3.05) is 20.1 Å². The summed E-state index contributed by atoms with van der Waals surface area (Å²) in [5.41, 5.74) is 0. The van der Waals surface area contributed by atoms with Crippen LogP contribution in [0.15, 0.2) is 0 Å². The Morgan fingerprint density at radius 2 is 1.92 bits per heavy atom. The van der Waals surface area contributed by atoms with E-state index in [4.69, 9.17) is 0 Å². The van der Waals surface area contributed by atoms with Crippen LogP contribution < -0.4 is 0 Å². The van der Waals surface area contributed by atoms with Crippen molar-refractivity contribution in [3.05, 3.63) is 6.42 Å². The first-order chi connectivity index (χ1) is 5.29. The summed E-state index contributed by atoms with van der Waals surface area (Å²) in [6, 6.07) is 0. The Morgan fingerprint density at radius 3 is 2.50 bits per heavy atom. The van der Waals surface area contributed by atoms with E-state index in [9.17, 15) is 0 Å². The second-order valence-electron chi connectivity index (χ2n) is 3.18. The third kappa shape index (κ3) is 7.28. The first-order valence-corrected chi connectivity index (χ1v) is 4.79. The van der Waals surface area contributed by atoms with E-state index in [2.05, 4.69) is 25.3 Å². The monoisotopic (exact) mass is 343 g/mol. The molecule has 0 aromatic carbocycles. The normalized spacial score (nSPS) is 24.5. The molecule has 1 unspecified atom stereocenters. The van der Waals surface area contributed by atoms with Crippen LogP contribution in [0.25, 0.3) is 0 Å². The minimum Gasteiger partial charge on any atom is -0.327 e. The third-order valence-electron chi connectivity index (χ3n) is 1.91. The molecule has 1 nitrogen and oxygen atoms in total. The van der Waals surface area contributed by atoms with E-state index in [0.717, 1.165) is 5.92 Å². The van der Waals surface area contributed by atoms with Gasteiger partial charge in [-0.2, -0.15) is 12.8 Å². The summed E-state index contributed by atoms with van der Waals surface area (Å²) >= 11 is 0. The third-order valence-corrected chi connectivity index (χ3v) is 1.91. The number of likely N-dealkylation sites (tertiary alicyclic amines) is 1. The van der Waals surface area contributed by atoms with Gasteiger partial charge in [0.2, 0.25) is 0 Å². The van der Waals surface area contributed by atoms with E-state index in [-0.39, 0.29) is 20.4 Å². The molecule has 0 spiro atoms. The zero-order chi connectivity index (χ0) is 8.69. The summed E-state index contributed by atoms with van der Waals surface area (Å²) in [7, 11) is 2.20. The molecule has 1 heterocycles. The predicted octanol–water partition coefficient (Wildman–Crippen LogP) is 2.58. The summed E-state index contributed by atoms with van der Waals surface area (Å²) in [6.45, 7) is 8.85. The molecule has 1 rings (SSSR count). The second-order valence-corrected chi connectivity index (χ2v) is 3.18. The van der Waals surface area contributed by atoms with Crippen LogP contribution in [0.2, 0.25) is 0 Å². The van der Waals surface area contributed by atoms with E-state index < -0.39 is 0 Å². The Balaban J connectivity index is 0. The van der Waals surface area contributed by atoms with Gasteiger partial charge in [0.1, 0.15) is 0 Å². The van der Waals surface area contributed by atoms with E-state index in [1.54, 1.807) is 0 Å². The smallest absolute Gasteiger partial charge is 0 e. The number of nitrogens with zero attached hydrogens (tertiary/aromatic N) is 1. The zero-order valence-electron chi connectivity index (χ0n) is 8.81. The molecule has 1 atom stereocenters. The summed E-state index contributed by atoms with van der Waals surface area (Å²) in [4.78, 5) is 2.41. The van der Waals surface area contributed by atoms with Gasteiger partial charge >= 0.3 is 0 Å². The van der Waals surface area contributed by atoms with Crippen LogP contribution in [0.3, 0.4) is 0 Å². The molecular weight excluding hydrogens is 320 g/mol. The molecule has 1 aliphatic rings. The largest absolute Gasteiger partial charge is 0.327 e. The fourth-order valence-electron chi connectivity index (χ4n) is 1.41.